The number of carbonyl (C=O) groups excluding carboxylic acids is 1. The third-order valence-electron chi connectivity index (χ3n) is 3.58. The molecule has 20 heavy (non-hydrogen) atoms. The maximum absolute atomic E-state index is 11.9. The van der Waals surface area contributed by atoms with Gasteiger partial charge in [-0.2, -0.15) is 5.10 Å². The molecule has 1 aromatic rings. The average Bonchev–Trinajstić information content (AvgIpc) is 2.47. The van der Waals surface area contributed by atoms with E-state index in [9.17, 15) is 9.59 Å². The summed E-state index contributed by atoms with van der Waals surface area (Å²) in [6, 6.07) is 0. The van der Waals surface area contributed by atoms with Crippen LogP contribution in [0.3, 0.4) is 0 Å². The number of aromatic nitrogens is 2. The Balaban J connectivity index is 1.99. The topological polar surface area (TPSA) is 86.9 Å². The van der Waals surface area contributed by atoms with Crippen molar-refractivity contribution in [2.45, 2.75) is 39.0 Å². The SMILES string of the molecule is CCNCCNC(=O)Cc1n[nH]c(=O)c2c1CCCC2. The minimum Gasteiger partial charge on any atom is -0.354 e. The Kier molecular flexibility index (Phi) is 5.29. The van der Waals surface area contributed by atoms with Gasteiger partial charge in [0.05, 0.1) is 12.1 Å². The van der Waals surface area contributed by atoms with Crippen LogP contribution in [0.25, 0.3) is 0 Å². The summed E-state index contributed by atoms with van der Waals surface area (Å²) >= 11 is 0. The highest BCUT2D eigenvalue weighted by Gasteiger charge is 2.19. The molecule has 0 fully saturated rings. The second-order valence-electron chi connectivity index (χ2n) is 5.04. The lowest BCUT2D eigenvalue weighted by Crippen LogP contribution is -2.33. The van der Waals surface area contributed by atoms with Crippen molar-refractivity contribution in [3.05, 3.63) is 27.2 Å². The van der Waals surface area contributed by atoms with Gasteiger partial charge in [-0.3, -0.25) is 9.59 Å². The van der Waals surface area contributed by atoms with Crippen molar-refractivity contribution in [1.29, 1.82) is 0 Å². The van der Waals surface area contributed by atoms with Gasteiger partial charge in [0.25, 0.3) is 5.56 Å². The number of carbonyl (C=O) groups is 1. The zero-order chi connectivity index (χ0) is 14.4. The third kappa shape index (κ3) is 3.66. The molecule has 0 spiro atoms. The second kappa shape index (κ2) is 7.19. The summed E-state index contributed by atoms with van der Waals surface area (Å²) < 4.78 is 0. The van der Waals surface area contributed by atoms with Gasteiger partial charge in [0.15, 0.2) is 0 Å². The molecule has 0 saturated carbocycles. The molecule has 0 aromatic carbocycles. The highest BCUT2D eigenvalue weighted by Crippen LogP contribution is 2.20. The van der Waals surface area contributed by atoms with Crippen LogP contribution < -0.4 is 16.2 Å². The molecular weight excluding hydrogens is 256 g/mol. The first-order chi connectivity index (χ1) is 9.72. The number of rotatable bonds is 6. The maximum atomic E-state index is 11.9. The van der Waals surface area contributed by atoms with Crippen LogP contribution in [-0.2, 0) is 24.1 Å². The first-order valence-electron chi connectivity index (χ1n) is 7.29. The summed E-state index contributed by atoms with van der Waals surface area (Å²) in [5.41, 5.74) is 2.43. The van der Waals surface area contributed by atoms with Crippen molar-refractivity contribution in [2.75, 3.05) is 19.6 Å². The summed E-state index contributed by atoms with van der Waals surface area (Å²) in [5.74, 6) is -0.0461. The predicted octanol–water partition coefficient (Wildman–Crippen LogP) is -0.0831. The van der Waals surface area contributed by atoms with E-state index in [0.717, 1.165) is 55.6 Å². The van der Waals surface area contributed by atoms with E-state index in [1.807, 2.05) is 6.92 Å². The van der Waals surface area contributed by atoms with Crippen LogP contribution in [0.4, 0.5) is 0 Å². The zero-order valence-corrected chi connectivity index (χ0v) is 11.9. The highest BCUT2D eigenvalue weighted by molar-refractivity contribution is 5.78. The molecule has 1 aliphatic rings. The zero-order valence-electron chi connectivity index (χ0n) is 11.9. The van der Waals surface area contributed by atoms with E-state index in [0.29, 0.717) is 6.54 Å². The highest BCUT2D eigenvalue weighted by atomic mass is 16.1. The number of hydrogen-bond donors (Lipinski definition) is 3. The molecule has 1 amide bonds. The van der Waals surface area contributed by atoms with E-state index in [1.165, 1.54) is 0 Å². The Labute approximate surface area is 118 Å². The van der Waals surface area contributed by atoms with Gasteiger partial charge in [0.1, 0.15) is 0 Å². The Morgan fingerprint density at radius 1 is 1.25 bits per heavy atom. The van der Waals surface area contributed by atoms with Gasteiger partial charge in [0.2, 0.25) is 5.91 Å². The molecule has 0 bridgehead atoms. The van der Waals surface area contributed by atoms with Crippen molar-refractivity contribution >= 4 is 5.91 Å². The molecule has 0 atom stereocenters. The number of nitrogens with one attached hydrogen (secondary N) is 3. The smallest absolute Gasteiger partial charge is 0.267 e. The van der Waals surface area contributed by atoms with E-state index < -0.39 is 0 Å². The van der Waals surface area contributed by atoms with Crippen LogP contribution in [0, 0.1) is 0 Å². The normalized spacial score (nSPS) is 13.8. The first kappa shape index (κ1) is 14.7. The summed E-state index contributed by atoms with van der Waals surface area (Å²) in [5, 5.41) is 12.6. The predicted molar refractivity (Wildman–Crippen MR) is 76.8 cm³/mol. The monoisotopic (exact) mass is 278 g/mol. The van der Waals surface area contributed by atoms with Gasteiger partial charge in [-0.1, -0.05) is 6.92 Å². The summed E-state index contributed by atoms with van der Waals surface area (Å²) in [6.07, 6.45) is 3.99. The Morgan fingerprint density at radius 3 is 2.75 bits per heavy atom. The van der Waals surface area contributed by atoms with Crippen molar-refractivity contribution in [3.8, 4) is 0 Å². The molecule has 2 rings (SSSR count). The van der Waals surface area contributed by atoms with Crippen molar-refractivity contribution < 1.29 is 4.79 Å². The fourth-order valence-electron chi connectivity index (χ4n) is 2.56. The van der Waals surface area contributed by atoms with E-state index >= 15 is 0 Å². The number of hydrogen-bond acceptors (Lipinski definition) is 4. The lowest BCUT2D eigenvalue weighted by Gasteiger charge is -2.17. The number of amides is 1. The van der Waals surface area contributed by atoms with E-state index in [-0.39, 0.29) is 17.9 Å². The third-order valence-corrected chi connectivity index (χ3v) is 3.58. The number of likely N-dealkylation sites (N-methyl/N-ethyl adjacent to an activating group) is 1. The van der Waals surface area contributed by atoms with Gasteiger partial charge >= 0.3 is 0 Å². The summed E-state index contributed by atoms with van der Waals surface area (Å²) in [4.78, 5) is 23.6. The van der Waals surface area contributed by atoms with Crippen LogP contribution in [0.2, 0.25) is 0 Å². The minimum absolute atomic E-state index is 0.0461. The molecule has 6 nitrogen and oxygen atoms in total. The molecule has 1 heterocycles. The van der Waals surface area contributed by atoms with Crippen LogP contribution in [-0.4, -0.2) is 35.7 Å². The lowest BCUT2D eigenvalue weighted by atomic mass is 9.91. The fourth-order valence-corrected chi connectivity index (χ4v) is 2.56. The van der Waals surface area contributed by atoms with Gasteiger partial charge in [-0.15, -0.1) is 0 Å². The van der Waals surface area contributed by atoms with Crippen molar-refractivity contribution in [3.63, 3.8) is 0 Å². The van der Waals surface area contributed by atoms with E-state index in [2.05, 4.69) is 20.8 Å². The van der Waals surface area contributed by atoms with Crippen LogP contribution >= 0.6 is 0 Å². The average molecular weight is 278 g/mol. The molecular formula is C14H22N4O2. The largest absolute Gasteiger partial charge is 0.354 e. The molecule has 0 aliphatic heterocycles. The molecule has 1 aliphatic carbocycles. The lowest BCUT2D eigenvalue weighted by molar-refractivity contribution is -0.120. The van der Waals surface area contributed by atoms with Gasteiger partial charge in [0, 0.05) is 18.7 Å². The number of nitrogens with zero attached hydrogens (tertiary/aromatic N) is 1. The van der Waals surface area contributed by atoms with E-state index in [1.54, 1.807) is 0 Å². The van der Waals surface area contributed by atoms with Crippen LogP contribution in [0.15, 0.2) is 4.79 Å². The van der Waals surface area contributed by atoms with Gasteiger partial charge in [-0.25, -0.2) is 5.10 Å². The van der Waals surface area contributed by atoms with Crippen LogP contribution in [0.5, 0.6) is 0 Å². The van der Waals surface area contributed by atoms with Gasteiger partial charge < -0.3 is 10.6 Å². The molecule has 0 saturated heterocycles. The number of fused-ring (bicyclic) bond motifs is 1. The minimum atomic E-state index is -0.101. The quantitative estimate of drug-likeness (QED) is 0.635. The maximum Gasteiger partial charge on any atom is 0.267 e. The Bertz CT molecular complexity index is 524. The van der Waals surface area contributed by atoms with Gasteiger partial charge in [-0.05, 0) is 37.8 Å². The molecule has 0 unspecified atom stereocenters. The summed E-state index contributed by atoms with van der Waals surface area (Å²) in [7, 11) is 0. The van der Waals surface area contributed by atoms with Crippen LogP contribution in [0.1, 0.15) is 36.6 Å². The molecule has 1 aromatic heterocycles. The Hall–Kier alpha value is -1.69. The number of H-pyrrole nitrogens is 1. The van der Waals surface area contributed by atoms with E-state index in [4.69, 9.17) is 0 Å². The fraction of sp³-hybridized carbons (Fsp3) is 0.643. The summed E-state index contributed by atoms with van der Waals surface area (Å²) in [6.45, 7) is 4.29. The second-order valence-corrected chi connectivity index (χ2v) is 5.04. The number of aromatic amines is 1. The molecule has 3 N–H and O–H groups in total. The standard InChI is InChI=1S/C14H22N4O2/c1-2-15-7-8-16-13(19)9-12-10-5-3-4-6-11(10)14(20)18-17-12/h15H,2-9H2,1H3,(H,16,19)(H,18,20). The Morgan fingerprint density at radius 2 is 2.00 bits per heavy atom. The molecule has 0 radical (unpaired) electrons. The molecule has 110 valence electrons. The van der Waals surface area contributed by atoms with Crippen molar-refractivity contribution in [1.82, 2.24) is 20.8 Å². The first-order valence-corrected chi connectivity index (χ1v) is 7.29. The van der Waals surface area contributed by atoms with Crippen molar-refractivity contribution in [2.24, 2.45) is 0 Å². The molecule has 6 heteroatoms.